The number of halogens is 1. The van der Waals surface area contributed by atoms with E-state index in [2.05, 4.69) is 4.98 Å². The third-order valence-electron chi connectivity index (χ3n) is 2.27. The lowest BCUT2D eigenvalue weighted by Gasteiger charge is -2.06. The minimum atomic E-state index is -0.345. The van der Waals surface area contributed by atoms with Crippen LogP contribution in [-0.4, -0.2) is 12.1 Å². The molecule has 2 N–H and O–H groups in total. The summed E-state index contributed by atoms with van der Waals surface area (Å²) in [4.78, 5) is 3.99. The van der Waals surface area contributed by atoms with Crippen LogP contribution in [0.2, 0.25) is 0 Å². The molecule has 0 amide bonds. The molecular weight excluding hydrogens is 207 g/mol. The average molecular weight is 218 g/mol. The largest absolute Gasteiger partial charge is 0.481 e. The van der Waals surface area contributed by atoms with Crippen molar-refractivity contribution in [1.82, 2.24) is 4.98 Å². The molecule has 0 spiro atoms. The molecule has 16 heavy (non-hydrogen) atoms. The molecule has 0 saturated carbocycles. The first-order valence-electron chi connectivity index (χ1n) is 4.76. The van der Waals surface area contributed by atoms with E-state index in [1.807, 2.05) is 0 Å². The van der Waals surface area contributed by atoms with Gasteiger partial charge in [-0.25, -0.2) is 9.37 Å². The second-order valence-corrected chi connectivity index (χ2v) is 3.32. The summed E-state index contributed by atoms with van der Waals surface area (Å²) >= 11 is 0. The van der Waals surface area contributed by atoms with Crippen molar-refractivity contribution in [2.45, 2.75) is 0 Å². The summed E-state index contributed by atoms with van der Waals surface area (Å²) in [7, 11) is 1.54. The Morgan fingerprint density at radius 3 is 2.75 bits per heavy atom. The van der Waals surface area contributed by atoms with Gasteiger partial charge < -0.3 is 10.5 Å². The van der Waals surface area contributed by atoms with Crippen LogP contribution in [0.4, 0.5) is 10.1 Å². The highest BCUT2D eigenvalue weighted by Gasteiger charge is 2.05. The van der Waals surface area contributed by atoms with E-state index in [1.165, 1.54) is 12.1 Å². The zero-order chi connectivity index (χ0) is 11.5. The number of pyridine rings is 1. The minimum Gasteiger partial charge on any atom is -0.481 e. The fourth-order valence-corrected chi connectivity index (χ4v) is 1.49. The Hall–Kier alpha value is -2.10. The normalized spacial score (nSPS) is 10.1. The molecule has 4 heteroatoms. The van der Waals surface area contributed by atoms with Gasteiger partial charge in [-0.1, -0.05) is 0 Å². The molecule has 0 aliphatic rings. The van der Waals surface area contributed by atoms with Crippen LogP contribution < -0.4 is 10.5 Å². The summed E-state index contributed by atoms with van der Waals surface area (Å²) in [5.41, 5.74) is 7.76. The van der Waals surface area contributed by atoms with Gasteiger partial charge in [0.2, 0.25) is 5.88 Å². The number of rotatable bonds is 2. The summed E-state index contributed by atoms with van der Waals surface area (Å²) in [5, 5.41) is 0. The van der Waals surface area contributed by atoms with Gasteiger partial charge >= 0.3 is 0 Å². The zero-order valence-corrected chi connectivity index (χ0v) is 8.77. The number of ether oxygens (including phenoxy) is 1. The molecule has 0 fully saturated rings. The van der Waals surface area contributed by atoms with E-state index in [0.717, 1.165) is 11.1 Å². The van der Waals surface area contributed by atoms with E-state index in [1.54, 1.807) is 31.5 Å². The molecule has 0 atom stereocenters. The van der Waals surface area contributed by atoms with Crippen molar-refractivity contribution in [3.05, 3.63) is 42.3 Å². The molecule has 0 unspecified atom stereocenters. The maximum atomic E-state index is 12.9. The van der Waals surface area contributed by atoms with Crippen LogP contribution in [0.25, 0.3) is 11.1 Å². The summed E-state index contributed by atoms with van der Waals surface area (Å²) in [5.74, 6) is 0.156. The predicted molar refractivity (Wildman–Crippen MR) is 60.6 cm³/mol. The number of methoxy groups -OCH3 is 1. The van der Waals surface area contributed by atoms with Crippen molar-refractivity contribution in [2.24, 2.45) is 0 Å². The Morgan fingerprint density at radius 2 is 2.06 bits per heavy atom. The van der Waals surface area contributed by atoms with Gasteiger partial charge in [0.1, 0.15) is 5.82 Å². The number of hydrogen-bond donors (Lipinski definition) is 1. The van der Waals surface area contributed by atoms with Gasteiger partial charge in [0.25, 0.3) is 0 Å². The van der Waals surface area contributed by atoms with E-state index in [0.29, 0.717) is 11.6 Å². The summed E-state index contributed by atoms with van der Waals surface area (Å²) in [6, 6.07) is 7.86. The van der Waals surface area contributed by atoms with E-state index >= 15 is 0 Å². The fraction of sp³-hybridized carbons (Fsp3) is 0.0833. The zero-order valence-electron chi connectivity index (χ0n) is 8.77. The predicted octanol–water partition coefficient (Wildman–Crippen LogP) is 2.48. The minimum absolute atomic E-state index is 0.345. The Morgan fingerprint density at radius 1 is 1.25 bits per heavy atom. The number of anilines is 1. The van der Waals surface area contributed by atoms with Gasteiger partial charge in [-0.15, -0.1) is 0 Å². The summed E-state index contributed by atoms with van der Waals surface area (Å²) in [6.45, 7) is 0. The first-order chi connectivity index (χ1) is 7.70. The second-order valence-electron chi connectivity index (χ2n) is 3.32. The fourth-order valence-electron chi connectivity index (χ4n) is 1.49. The van der Waals surface area contributed by atoms with Gasteiger partial charge in [-0.2, -0.15) is 0 Å². The lowest BCUT2D eigenvalue weighted by Crippen LogP contribution is -1.93. The number of nitrogens with two attached hydrogens (primary N) is 1. The number of aromatic nitrogens is 1. The Balaban J connectivity index is 2.49. The first kappa shape index (κ1) is 10.4. The molecule has 1 heterocycles. The number of hydrogen-bond acceptors (Lipinski definition) is 3. The maximum absolute atomic E-state index is 12.9. The van der Waals surface area contributed by atoms with Crippen molar-refractivity contribution in [3.8, 4) is 17.0 Å². The topological polar surface area (TPSA) is 48.1 Å². The van der Waals surface area contributed by atoms with E-state index in [-0.39, 0.29) is 5.82 Å². The summed E-state index contributed by atoms with van der Waals surface area (Å²) in [6.07, 6.45) is 1.62. The van der Waals surface area contributed by atoms with Crippen molar-refractivity contribution in [1.29, 1.82) is 0 Å². The lowest BCUT2D eigenvalue weighted by molar-refractivity contribution is 0.398. The van der Waals surface area contributed by atoms with Crippen LogP contribution in [0.1, 0.15) is 0 Å². The van der Waals surface area contributed by atoms with Crippen molar-refractivity contribution in [3.63, 3.8) is 0 Å². The van der Waals surface area contributed by atoms with Crippen LogP contribution in [0.15, 0.2) is 36.5 Å². The standard InChI is InChI=1S/C12H11FN2O/c1-16-12-6-8(4-5-15-12)10-3-2-9(13)7-11(10)14/h2-7H,14H2,1H3. The van der Waals surface area contributed by atoms with Crippen LogP contribution >= 0.6 is 0 Å². The highest BCUT2D eigenvalue weighted by atomic mass is 19.1. The molecular formula is C12H11FN2O. The average Bonchev–Trinajstić information content (AvgIpc) is 2.29. The highest BCUT2D eigenvalue weighted by Crippen LogP contribution is 2.27. The highest BCUT2D eigenvalue weighted by molar-refractivity contribution is 5.76. The van der Waals surface area contributed by atoms with Crippen molar-refractivity contribution >= 4 is 5.69 Å². The number of benzene rings is 1. The number of nitrogens with zero attached hydrogens (tertiary/aromatic N) is 1. The van der Waals surface area contributed by atoms with Gasteiger partial charge in [0.15, 0.2) is 0 Å². The quantitative estimate of drug-likeness (QED) is 0.788. The van der Waals surface area contributed by atoms with Crippen LogP contribution in [0, 0.1) is 5.82 Å². The molecule has 82 valence electrons. The van der Waals surface area contributed by atoms with E-state index < -0.39 is 0 Å². The van der Waals surface area contributed by atoms with Crippen molar-refractivity contribution < 1.29 is 9.13 Å². The molecule has 0 aliphatic carbocycles. The lowest BCUT2D eigenvalue weighted by atomic mass is 10.1. The van der Waals surface area contributed by atoms with Crippen LogP contribution in [0.5, 0.6) is 5.88 Å². The number of nitrogen functional groups attached to an aromatic ring is 1. The molecule has 0 bridgehead atoms. The third kappa shape index (κ3) is 1.95. The van der Waals surface area contributed by atoms with Gasteiger partial charge in [0.05, 0.1) is 7.11 Å². The molecule has 3 nitrogen and oxygen atoms in total. The Kier molecular flexibility index (Phi) is 2.72. The molecule has 0 aliphatic heterocycles. The molecule has 0 radical (unpaired) electrons. The van der Waals surface area contributed by atoms with Gasteiger partial charge in [0, 0.05) is 23.5 Å². The Labute approximate surface area is 92.7 Å². The SMILES string of the molecule is COc1cc(-c2ccc(F)cc2N)ccn1. The second kappa shape index (κ2) is 4.18. The van der Waals surface area contributed by atoms with Gasteiger partial charge in [-0.05, 0) is 29.8 Å². The molecule has 2 rings (SSSR count). The van der Waals surface area contributed by atoms with E-state index in [4.69, 9.17) is 10.5 Å². The summed E-state index contributed by atoms with van der Waals surface area (Å²) < 4.78 is 17.9. The Bertz CT molecular complexity index is 514. The first-order valence-corrected chi connectivity index (χ1v) is 4.76. The monoisotopic (exact) mass is 218 g/mol. The molecule has 1 aromatic carbocycles. The molecule has 1 aromatic heterocycles. The van der Waals surface area contributed by atoms with Crippen LogP contribution in [0.3, 0.4) is 0 Å². The van der Waals surface area contributed by atoms with Gasteiger partial charge in [-0.3, -0.25) is 0 Å². The molecule has 2 aromatic rings. The van der Waals surface area contributed by atoms with E-state index in [9.17, 15) is 4.39 Å². The maximum Gasteiger partial charge on any atom is 0.213 e. The molecule has 0 saturated heterocycles. The van der Waals surface area contributed by atoms with Crippen LogP contribution in [-0.2, 0) is 0 Å². The smallest absolute Gasteiger partial charge is 0.213 e. The third-order valence-corrected chi connectivity index (χ3v) is 2.27. The van der Waals surface area contributed by atoms with Crippen molar-refractivity contribution in [2.75, 3.05) is 12.8 Å².